The van der Waals surface area contributed by atoms with Crippen molar-refractivity contribution >= 4 is 27.3 Å². The zero-order valence-electron chi connectivity index (χ0n) is 18.6. The third-order valence-corrected chi connectivity index (χ3v) is 6.91. The van der Waals surface area contributed by atoms with Crippen LogP contribution in [0.25, 0.3) is 0 Å². The standard InChI is InChI=1S/C27H24N2O4S/c1-21-12-8-10-18-25(21)29(34(31,32)23-15-6-3-7-16-23)20-27(30)28-24-17-9-11-19-26(24)33-22-13-4-2-5-14-22/h2-19H,20H2,1H3,(H,28,30). The van der Waals surface area contributed by atoms with Gasteiger partial charge in [0.2, 0.25) is 5.91 Å². The van der Waals surface area contributed by atoms with E-state index >= 15 is 0 Å². The van der Waals surface area contributed by atoms with Crippen LogP contribution in [0.4, 0.5) is 11.4 Å². The highest BCUT2D eigenvalue weighted by molar-refractivity contribution is 7.92. The number of benzene rings is 4. The number of para-hydroxylation sites is 4. The highest BCUT2D eigenvalue weighted by atomic mass is 32.2. The molecule has 7 heteroatoms. The van der Waals surface area contributed by atoms with Gasteiger partial charge in [0.25, 0.3) is 10.0 Å². The lowest BCUT2D eigenvalue weighted by atomic mass is 10.2. The van der Waals surface area contributed by atoms with Crippen molar-refractivity contribution in [1.29, 1.82) is 0 Å². The van der Waals surface area contributed by atoms with E-state index in [1.54, 1.807) is 54.6 Å². The molecule has 0 atom stereocenters. The van der Waals surface area contributed by atoms with Crippen LogP contribution < -0.4 is 14.4 Å². The maximum absolute atomic E-state index is 13.5. The topological polar surface area (TPSA) is 75.7 Å². The lowest BCUT2D eigenvalue weighted by Crippen LogP contribution is -2.38. The number of anilines is 2. The van der Waals surface area contributed by atoms with Gasteiger partial charge in [0.05, 0.1) is 16.3 Å². The van der Waals surface area contributed by atoms with Gasteiger partial charge in [-0.25, -0.2) is 8.42 Å². The van der Waals surface area contributed by atoms with Gasteiger partial charge < -0.3 is 10.1 Å². The Labute approximate surface area is 199 Å². The zero-order valence-corrected chi connectivity index (χ0v) is 19.4. The highest BCUT2D eigenvalue weighted by Crippen LogP contribution is 2.30. The average molecular weight is 473 g/mol. The number of hydrogen-bond acceptors (Lipinski definition) is 4. The van der Waals surface area contributed by atoms with Gasteiger partial charge in [-0.15, -0.1) is 0 Å². The molecule has 0 spiro atoms. The predicted octanol–water partition coefficient (Wildman–Crippen LogP) is 5.62. The number of nitrogens with one attached hydrogen (secondary N) is 1. The quantitative estimate of drug-likeness (QED) is 0.361. The van der Waals surface area contributed by atoms with Crippen molar-refractivity contribution in [2.24, 2.45) is 0 Å². The normalized spacial score (nSPS) is 11.0. The minimum Gasteiger partial charge on any atom is -0.455 e. The van der Waals surface area contributed by atoms with Crippen LogP contribution in [0.1, 0.15) is 5.56 Å². The molecule has 0 aliphatic heterocycles. The fourth-order valence-corrected chi connectivity index (χ4v) is 4.96. The van der Waals surface area contributed by atoms with E-state index in [2.05, 4.69) is 5.32 Å². The van der Waals surface area contributed by atoms with Gasteiger partial charge in [0.15, 0.2) is 5.75 Å². The molecule has 0 bridgehead atoms. The van der Waals surface area contributed by atoms with Gasteiger partial charge >= 0.3 is 0 Å². The predicted molar refractivity (Wildman–Crippen MR) is 134 cm³/mol. The summed E-state index contributed by atoms with van der Waals surface area (Å²) in [6, 6.07) is 31.4. The molecule has 1 amide bonds. The summed E-state index contributed by atoms with van der Waals surface area (Å²) in [5, 5.41) is 2.80. The molecule has 4 aromatic rings. The molecule has 0 saturated heterocycles. The number of ether oxygens (including phenoxy) is 1. The van der Waals surface area contributed by atoms with Gasteiger partial charge in [0.1, 0.15) is 12.3 Å². The van der Waals surface area contributed by atoms with Gasteiger partial charge in [-0.05, 0) is 55.0 Å². The first-order valence-corrected chi connectivity index (χ1v) is 12.1. The van der Waals surface area contributed by atoms with E-state index in [9.17, 15) is 13.2 Å². The summed E-state index contributed by atoms with van der Waals surface area (Å²) >= 11 is 0. The molecule has 34 heavy (non-hydrogen) atoms. The number of rotatable bonds is 8. The van der Waals surface area contributed by atoms with Crippen molar-refractivity contribution in [2.75, 3.05) is 16.2 Å². The number of aryl methyl sites for hydroxylation is 1. The maximum atomic E-state index is 13.5. The van der Waals surface area contributed by atoms with E-state index in [0.29, 0.717) is 22.9 Å². The van der Waals surface area contributed by atoms with Crippen molar-refractivity contribution < 1.29 is 17.9 Å². The smallest absolute Gasteiger partial charge is 0.264 e. The lowest BCUT2D eigenvalue weighted by Gasteiger charge is -2.25. The summed E-state index contributed by atoms with van der Waals surface area (Å²) < 4.78 is 34.0. The molecule has 0 saturated carbocycles. The monoisotopic (exact) mass is 472 g/mol. The van der Waals surface area contributed by atoms with Crippen molar-refractivity contribution in [1.82, 2.24) is 0 Å². The molecule has 1 N–H and O–H groups in total. The second-order valence-electron chi connectivity index (χ2n) is 7.57. The molecule has 0 fully saturated rings. The van der Waals surface area contributed by atoms with Crippen LogP contribution in [-0.2, 0) is 14.8 Å². The van der Waals surface area contributed by atoms with Crippen LogP contribution in [0.2, 0.25) is 0 Å². The Morgan fingerprint density at radius 3 is 2.09 bits per heavy atom. The summed E-state index contributed by atoms with van der Waals surface area (Å²) in [6.07, 6.45) is 0. The SMILES string of the molecule is Cc1ccccc1N(CC(=O)Nc1ccccc1Oc1ccccc1)S(=O)(=O)c1ccccc1. The summed E-state index contributed by atoms with van der Waals surface area (Å²) in [6.45, 7) is 1.41. The van der Waals surface area contributed by atoms with Crippen molar-refractivity contribution in [3.63, 3.8) is 0 Å². The van der Waals surface area contributed by atoms with Crippen LogP contribution >= 0.6 is 0 Å². The molecule has 0 radical (unpaired) electrons. The minimum atomic E-state index is -3.98. The molecule has 6 nitrogen and oxygen atoms in total. The number of carbonyl (C=O) groups is 1. The molecular weight excluding hydrogens is 448 g/mol. The van der Waals surface area contributed by atoms with Crippen LogP contribution in [-0.4, -0.2) is 20.9 Å². The van der Waals surface area contributed by atoms with E-state index in [1.165, 1.54) is 12.1 Å². The van der Waals surface area contributed by atoms with Gasteiger partial charge in [-0.3, -0.25) is 9.10 Å². The molecule has 0 aliphatic carbocycles. The Morgan fingerprint density at radius 2 is 1.38 bits per heavy atom. The largest absolute Gasteiger partial charge is 0.455 e. The van der Waals surface area contributed by atoms with E-state index in [1.807, 2.05) is 49.4 Å². The summed E-state index contributed by atoms with van der Waals surface area (Å²) in [4.78, 5) is 13.2. The van der Waals surface area contributed by atoms with E-state index in [4.69, 9.17) is 4.74 Å². The third-order valence-electron chi connectivity index (χ3n) is 5.13. The van der Waals surface area contributed by atoms with Crippen LogP contribution in [0.15, 0.2) is 114 Å². The van der Waals surface area contributed by atoms with E-state index < -0.39 is 22.5 Å². The highest BCUT2D eigenvalue weighted by Gasteiger charge is 2.28. The Kier molecular flexibility index (Phi) is 6.94. The second-order valence-corrected chi connectivity index (χ2v) is 9.43. The Morgan fingerprint density at radius 1 is 0.794 bits per heavy atom. The average Bonchev–Trinajstić information content (AvgIpc) is 2.85. The van der Waals surface area contributed by atoms with Gasteiger partial charge in [-0.1, -0.05) is 66.7 Å². The molecule has 0 heterocycles. The molecule has 0 aromatic heterocycles. The number of amides is 1. The fourth-order valence-electron chi connectivity index (χ4n) is 3.46. The van der Waals surface area contributed by atoms with Crippen LogP contribution in [0.5, 0.6) is 11.5 Å². The molecule has 4 rings (SSSR count). The molecule has 0 aliphatic rings. The number of hydrogen-bond donors (Lipinski definition) is 1. The first kappa shape index (κ1) is 23.1. The summed E-state index contributed by atoms with van der Waals surface area (Å²) in [7, 11) is -3.98. The number of sulfonamides is 1. The molecule has 4 aromatic carbocycles. The van der Waals surface area contributed by atoms with Crippen molar-refractivity contribution in [2.45, 2.75) is 11.8 Å². The molecule has 0 unspecified atom stereocenters. The third kappa shape index (κ3) is 5.27. The molecular formula is C27H24N2O4S. The first-order chi connectivity index (χ1) is 16.4. The Hall–Kier alpha value is -4.10. The fraction of sp³-hybridized carbons (Fsp3) is 0.0741. The Bertz CT molecular complexity index is 1370. The van der Waals surface area contributed by atoms with E-state index in [-0.39, 0.29) is 4.90 Å². The first-order valence-electron chi connectivity index (χ1n) is 10.7. The minimum absolute atomic E-state index is 0.110. The van der Waals surface area contributed by atoms with Gasteiger partial charge in [-0.2, -0.15) is 0 Å². The Balaban J connectivity index is 1.62. The van der Waals surface area contributed by atoms with E-state index in [0.717, 1.165) is 9.87 Å². The number of nitrogens with zero attached hydrogens (tertiary/aromatic N) is 1. The number of carbonyl (C=O) groups excluding carboxylic acids is 1. The maximum Gasteiger partial charge on any atom is 0.264 e. The van der Waals surface area contributed by atoms with Gasteiger partial charge in [0, 0.05) is 0 Å². The van der Waals surface area contributed by atoms with Crippen molar-refractivity contribution in [3.8, 4) is 11.5 Å². The zero-order chi connectivity index (χ0) is 24.0. The van der Waals surface area contributed by atoms with Crippen LogP contribution in [0, 0.1) is 6.92 Å². The molecule has 172 valence electrons. The van der Waals surface area contributed by atoms with Crippen LogP contribution in [0.3, 0.4) is 0 Å². The summed E-state index contributed by atoms with van der Waals surface area (Å²) in [5.74, 6) is 0.583. The summed E-state index contributed by atoms with van der Waals surface area (Å²) in [5.41, 5.74) is 1.62. The van der Waals surface area contributed by atoms with Crippen molar-refractivity contribution in [3.05, 3.63) is 115 Å². The lowest BCUT2D eigenvalue weighted by molar-refractivity contribution is -0.114. The second kappa shape index (κ2) is 10.2.